The van der Waals surface area contributed by atoms with E-state index in [1.54, 1.807) is 4.90 Å². The minimum absolute atomic E-state index is 0.0267. The van der Waals surface area contributed by atoms with Crippen molar-refractivity contribution < 1.29 is 42.8 Å². The van der Waals surface area contributed by atoms with E-state index in [1.165, 1.54) is 29.7 Å². The number of oxime groups is 1. The fraction of sp³-hybridized carbons (Fsp3) is 0.444. The molecule has 4 N–H and O–H groups in total. The van der Waals surface area contributed by atoms with Gasteiger partial charge in [0.05, 0.1) is 6.04 Å². The number of carbonyl (C=O) groups is 5. The van der Waals surface area contributed by atoms with Crippen molar-refractivity contribution in [1.29, 1.82) is 0 Å². The second-order valence-corrected chi connectivity index (χ2v) is 13.1. The number of nitrogens with two attached hydrogens (primary N) is 1. The van der Waals surface area contributed by atoms with Gasteiger partial charge in [-0.25, -0.2) is 9.59 Å². The first-order valence-electron chi connectivity index (χ1n) is 14.7. The summed E-state index contributed by atoms with van der Waals surface area (Å²) in [6.45, 7) is 2.10. The molecule has 3 atom stereocenters. The summed E-state index contributed by atoms with van der Waals surface area (Å²) in [4.78, 5) is 84.6. The fourth-order valence-electron chi connectivity index (χ4n) is 5.85. The van der Waals surface area contributed by atoms with Crippen LogP contribution in [0, 0.1) is 12.1 Å². The number of thioether (sulfide) groups is 1. The molecule has 0 aromatic carbocycles. The van der Waals surface area contributed by atoms with Crippen LogP contribution >= 0.6 is 23.3 Å². The van der Waals surface area contributed by atoms with Crippen molar-refractivity contribution in [3.8, 4) is 0 Å². The van der Waals surface area contributed by atoms with Crippen LogP contribution in [-0.4, -0.2) is 120 Å². The van der Waals surface area contributed by atoms with Gasteiger partial charge in [0.25, 0.3) is 17.7 Å². The van der Waals surface area contributed by atoms with Crippen LogP contribution in [-0.2, 0) is 30.5 Å². The van der Waals surface area contributed by atoms with Crippen LogP contribution in [0.5, 0.6) is 0 Å². The maximum atomic E-state index is 13.5. The zero-order valence-corrected chi connectivity index (χ0v) is 27.4. The SMILES string of the molecule is Cc1oc(=O)oc1COC(=O)N1CCC(N2CC/C(=C\C3=C(C(=O)N(C)[O-])N4C(=O)[C@@H](NC(=O)/C(=N\O)c5nsc(N)n5)[C@H]4SC3)C2=O)C1. The number of likely N-dealkylation sites (N-methyl/N-ethyl adjacent to an activating group) is 1. The van der Waals surface area contributed by atoms with Crippen LogP contribution in [0.2, 0.25) is 0 Å². The molecule has 2 aromatic heterocycles. The Balaban J connectivity index is 1.13. The smallest absolute Gasteiger partial charge is 0.519 e. The third-order valence-electron chi connectivity index (χ3n) is 8.27. The number of carbonyl (C=O) groups excluding carboxylic acids is 5. The first kappa shape index (κ1) is 33.7. The molecule has 3 fully saturated rings. The summed E-state index contributed by atoms with van der Waals surface area (Å²) in [6, 6.07) is -1.45. The number of aromatic nitrogens is 2. The number of aryl methyl sites for hydroxylation is 1. The lowest BCUT2D eigenvalue weighted by atomic mass is 10.0. The molecule has 0 aliphatic carbocycles. The van der Waals surface area contributed by atoms with Gasteiger partial charge in [-0.2, -0.15) is 9.36 Å². The number of likely N-dealkylation sites (tertiary alicyclic amines) is 2. The number of hydroxylamine groups is 2. The van der Waals surface area contributed by atoms with E-state index < -0.39 is 46.8 Å². The highest BCUT2D eigenvalue weighted by Crippen LogP contribution is 2.42. The number of nitrogen functional groups attached to an aromatic ring is 1. The number of allylic oxidation sites excluding steroid dienone is 1. The van der Waals surface area contributed by atoms with Gasteiger partial charge in [0.1, 0.15) is 17.1 Å². The predicted octanol–water partition coefficient (Wildman–Crippen LogP) is -0.667. The van der Waals surface area contributed by atoms with E-state index in [-0.39, 0.29) is 69.7 Å². The van der Waals surface area contributed by atoms with Gasteiger partial charge < -0.3 is 49.9 Å². The summed E-state index contributed by atoms with van der Waals surface area (Å²) in [6.07, 6.45) is 1.67. The Hall–Kier alpha value is -5.22. The second kappa shape index (κ2) is 13.4. The standard InChI is InChI=1S/C27H28N9O11S2/c1-11-15(47-27(42)46-11)9-45-26(41)34-5-4-14(8-34)35-6-3-12(21(35)38)7-13-10-48-24-17(22(39)36(24)18(13)23(40)33(2)44)29-20(37)16(31-43)19-30-25(28)49-32-19/h7,14,17,24,43H,3-6,8-10H2,1-2H3,(H,29,37)(H2,28,30,32)/q-1/b12-7+,31-16-/t14?,17-,24-/m1/s1. The molecule has 260 valence electrons. The van der Waals surface area contributed by atoms with Gasteiger partial charge in [-0.1, -0.05) is 5.16 Å². The topological polar surface area (TPSA) is 270 Å². The van der Waals surface area contributed by atoms with Crippen LogP contribution in [0.1, 0.15) is 30.2 Å². The molecular weight excluding hydrogens is 690 g/mol. The number of ether oxygens (including phenoxy) is 1. The Morgan fingerprint density at radius 1 is 1.27 bits per heavy atom. The van der Waals surface area contributed by atoms with E-state index in [0.717, 1.165) is 23.5 Å². The van der Waals surface area contributed by atoms with Crippen LogP contribution < -0.4 is 16.9 Å². The molecule has 4 aliphatic heterocycles. The van der Waals surface area contributed by atoms with Gasteiger partial charge in [-0.3, -0.25) is 24.1 Å². The molecule has 22 heteroatoms. The van der Waals surface area contributed by atoms with Crippen LogP contribution in [0.4, 0.5) is 9.93 Å². The molecule has 49 heavy (non-hydrogen) atoms. The van der Waals surface area contributed by atoms with Crippen LogP contribution in [0.3, 0.4) is 0 Å². The Morgan fingerprint density at radius 2 is 2.04 bits per heavy atom. The summed E-state index contributed by atoms with van der Waals surface area (Å²) in [5, 5.41) is 26.2. The molecular formula is C27H28N9O11S2-. The summed E-state index contributed by atoms with van der Waals surface area (Å²) in [5.41, 5.74) is 5.41. The zero-order valence-electron chi connectivity index (χ0n) is 25.8. The molecule has 20 nitrogen and oxygen atoms in total. The third-order valence-corrected chi connectivity index (χ3v) is 10.1. The molecule has 0 saturated carbocycles. The zero-order chi connectivity index (χ0) is 35.1. The lowest BCUT2D eigenvalue weighted by Gasteiger charge is -2.50. The maximum absolute atomic E-state index is 13.5. The average molecular weight is 719 g/mol. The molecule has 2 aromatic rings. The number of hydrogen-bond acceptors (Lipinski definition) is 17. The number of hydrogen-bond donors (Lipinski definition) is 3. The van der Waals surface area contributed by atoms with E-state index in [2.05, 4.69) is 19.8 Å². The minimum atomic E-state index is -1.14. The number of amides is 5. The van der Waals surface area contributed by atoms with Gasteiger partial charge in [-0.05, 0) is 38.5 Å². The number of β-lactam (4-membered cyclic amide) rings is 1. The van der Waals surface area contributed by atoms with Gasteiger partial charge in [0.2, 0.25) is 17.4 Å². The first-order chi connectivity index (χ1) is 23.4. The van der Waals surface area contributed by atoms with Crippen molar-refractivity contribution in [2.75, 3.05) is 38.2 Å². The van der Waals surface area contributed by atoms with Gasteiger partial charge in [-0.15, -0.1) is 11.8 Å². The predicted molar refractivity (Wildman–Crippen MR) is 167 cm³/mol. The number of fused-ring (bicyclic) bond motifs is 1. The Bertz CT molecular complexity index is 1880. The van der Waals surface area contributed by atoms with E-state index in [1.807, 2.05) is 0 Å². The summed E-state index contributed by atoms with van der Waals surface area (Å²) in [5.74, 6) is -3.69. The molecule has 6 heterocycles. The average Bonchev–Trinajstić information content (AvgIpc) is 3.87. The number of rotatable bonds is 8. The van der Waals surface area contributed by atoms with Crippen molar-refractivity contribution in [3.63, 3.8) is 0 Å². The maximum Gasteiger partial charge on any atom is 0.519 e. The molecule has 6 rings (SSSR count). The summed E-state index contributed by atoms with van der Waals surface area (Å²) in [7, 11) is 0.989. The summed E-state index contributed by atoms with van der Waals surface area (Å²) < 4.78 is 18.7. The molecule has 0 spiro atoms. The van der Waals surface area contributed by atoms with Crippen molar-refractivity contribution >= 4 is 63.9 Å². The van der Waals surface area contributed by atoms with Crippen LogP contribution in [0.25, 0.3) is 0 Å². The molecule has 0 radical (unpaired) electrons. The van der Waals surface area contributed by atoms with E-state index in [0.29, 0.717) is 31.5 Å². The monoisotopic (exact) mass is 718 g/mol. The lowest BCUT2D eigenvalue weighted by molar-refractivity contribution is -0.147. The van der Waals surface area contributed by atoms with E-state index >= 15 is 0 Å². The second-order valence-electron chi connectivity index (χ2n) is 11.2. The Labute approximate surface area is 283 Å². The van der Waals surface area contributed by atoms with Crippen molar-refractivity contribution in [3.05, 3.63) is 56.1 Å². The summed E-state index contributed by atoms with van der Waals surface area (Å²) >= 11 is 1.97. The third kappa shape index (κ3) is 6.36. The van der Waals surface area contributed by atoms with Gasteiger partial charge in [0.15, 0.2) is 23.3 Å². The number of nitrogens with one attached hydrogen (secondary N) is 1. The largest absolute Gasteiger partial charge is 0.756 e. The molecule has 4 aliphatic rings. The number of nitrogens with zero attached hydrogens (tertiary/aromatic N) is 7. The quantitative estimate of drug-likeness (QED) is 0.100. The number of anilines is 1. The normalized spacial score (nSPS) is 23.2. The van der Waals surface area contributed by atoms with Crippen molar-refractivity contribution in [2.24, 2.45) is 5.16 Å². The molecule has 5 amide bonds. The highest BCUT2D eigenvalue weighted by Gasteiger charge is 2.54. The molecule has 1 unspecified atom stereocenters. The Morgan fingerprint density at radius 3 is 2.69 bits per heavy atom. The molecule has 0 bridgehead atoms. The van der Waals surface area contributed by atoms with Crippen LogP contribution in [0.15, 0.2) is 41.7 Å². The fourth-order valence-corrected chi connectivity index (χ4v) is 7.59. The highest BCUT2D eigenvalue weighted by atomic mass is 32.2. The highest BCUT2D eigenvalue weighted by molar-refractivity contribution is 8.00. The molecule has 3 saturated heterocycles. The lowest BCUT2D eigenvalue weighted by Crippen LogP contribution is -2.71. The first-order valence-corrected chi connectivity index (χ1v) is 16.5. The van der Waals surface area contributed by atoms with E-state index in [9.17, 15) is 39.2 Å². The van der Waals surface area contributed by atoms with Crippen molar-refractivity contribution in [2.45, 2.75) is 43.8 Å². The Kier molecular flexibility index (Phi) is 9.18. The van der Waals surface area contributed by atoms with Gasteiger partial charge in [0, 0.05) is 42.5 Å². The van der Waals surface area contributed by atoms with Crippen molar-refractivity contribution in [1.82, 2.24) is 34.4 Å². The minimum Gasteiger partial charge on any atom is -0.756 e. The van der Waals surface area contributed by atoms with Gasteiger partial charge >= 0.3 is 11.9 Å². The van der Waals surface area contributed by atoms with E-state index in [4.69, 9.17) is 19.3 Å².